The molecular weight excluding hydrogens is 314 g/mol. The molecule has 2 aromatic rings. The predicted molar refractivity (Wildman–Crippen MR) is 76.6 cm³/mol. The van der Waals surface area contributed by atoms with E-state index in [1.807, 2.05) is 0 Å². The molecule has 0 radical (unpaired) electrons. The standard InChI is InChI=1S/C13H12ClN3O5/c1-16-11(14)6-15-12(16)7-22-13(18)8-21-10-5-3-2-4-9(10)17(19)20/h2-6H,7-8H2,1H3. The minimum atomic E-state index is -0.669. The number of benzene rings is 1. The summed E-state index contributed by atoms with van der Waals surface area (Å²) in [5, 5.41) is 11.2. The normalized spacial score (nSPS) is 10.3. The quantitative estimate of drug-likeness (QED) is 0.458. The van der Waals surface area contributed by atoms with E-state index in [4.69, 9.17) is 21.1 Å². The summed E-state index contributed by atoms with van der Waals surface area (Å²) in [7, 11) is 1.68. The molecule has 0 aliphatic carbocycles. The van der Waals surface area contributed by atoms with Crippen molar-refractivity contribution in [3.8, 4) is 5.75 Å². The molecular formula is C13H12ClN3O5. The van der Waals surface area contributed by atoms with Crippen molar-refractivity contribution in [2.45, 2.75) is 6.61 Å². The highest BCUT2D eigenvalue weighted by molar-refractivity contribution is 6.29. The van der Waals surface area contributed by atoms with Gasteiger partial charge in [-0.3, -0.25) is 10.1 Å². The van der Waals surface area contributed by atoms with Crippen molar-refractivity contribution >= 4 is 23.3 Å². The van der Waals surface area contributed by atoms with E-state index in [-0.39, 0.29) is 18.0 Å². The second-order valence-corrected chi connectivity index (χ2v) is 4.62. The Balaban J connectivity index is 1.88. The number of rotatable bonds is 6. The Labute approximate surface area is 130 Å². The SMILES string of the molecule is Cn1c(Cl)cnc1COC(=O)COc1ccccc1[N+](=O)[O-]. The Kier molecular flexibility index (Phi) is 4.95. The molecule has 9 heteroatoms. The number of carbonyl (C=O) groups excluding carboxylic acids is 1. The first kappa shape index (κ1) is 15.8. The molecule has 0 spiro atoms. The predicted octanol–water partition coefficient (Wildman–Crippen LogP) is 2.10. The fraction of sp³-hybridized carbons (Fsp3) is 0.231. The summed E-state index contributed by atoms with van der Waals surface area (Å²) in [6, 6.07) is 5.78. The summed E-state index contributed by atoms with van der Waals surface area (Å²) in [5.41, 5.74) is -0.216. The monoisotopic (exact) mass is 325 g/mol. The summed E-state index contributed by atoms with van der Waals surface area (Å²) in [4.78, 5) is 25.8. The fourth-order valence-electron chi connectivity index (χ4n) is 1.61. The van der Waals surface area contributed by atoms with Crippen LogP contribution in [0.1, 0.15) is 5.82 Å². The van der Waals surface area contributed by atoms with Gasteiger partial charge in [-0.15, -0.1) is 0 Å². The molecule has 8 nitrogen and oxygen atoms in total. The van der Waals surface area contributed by atoms with Crippen molar-refractivity contribution in [3.05, 3.63) is 51.6 Å². The maximum absolute atomic E-state index is 11.6. The van der Waals surface area contributed by atoms with Gasteiger partial charge in [0.1, 0.15) is 17.6 Å². The van der Waals surface area contributed by atoms with Crippen LogP contribution in [0.2, 0.25) is 5.15 Å². The van der Waals surface area contributed by atoms with Gasteiger partial charge in [-0.25, -0.2) is 9.78 Å². The highest BCUT2D eigenvalue weighted by Crippen LogP contribution is 2.25. The largest absolute Gasteiger partial charge is 0.475 e. The van der Waals surface area contributed by atoms with Crippen LogP contribution in [0.15, 0.2) is 30.5 Å². The number of esters is 1. The maximum Gasteiger partial charge on any atom is 0.344 e. The summed E-state index contributed by atoms with van der Waals surface area (Å²) < 4.78 is 11.7. The molecule has 0 saturated heterocycles. The van der Waals surface area contributed by atoms with Crippen LogP contribution in [0.5, 0.6) is 5.75 Å². The summed E-state index contributed by atoms with van der Waals surface area (Å²) in [6.07, 6.45) is 1.44. The van der Waals surface area contributed by atoms with Gasteiger partial charge in [-0.05, 0) is 6.07 Å². The zero-order valence-electron chi connectivity index (χ0n) is 11.6. The van der Waals surface area contributed by atoms with Crippen molar-refractivity contribution in [2.75, 3.05) is 6.61 Å². The van der Waals surface area contributed by atoms with Crippen molar-refractivity contribution in [3.63, 3.8) is 0 Å². The highest BCUT2D eigenvalue weighted by Gasteiger charge is 2.15. The number of para-hydroxylation sites is 2. The van der Waals surface area contributed by atoms with Gasteiger partial charge >= 0.3 is 11.7 Å². The van der Waals surface area contributed by atoms with Crippen LogP contribution in [-0.2, 0) is 23.2 Å². The van der Waals surface area contributed by atoms with Crippen molar-refractivity contribution < 1.29 is 19.2 Å². The molecule has 116 valence electrons. The first-order chi connectivity index (χ1) is 10.5. The van der Waals surface area contributed by atoms with Gasteiger partial charge in [0.05, 0.1) is 11.1 Å². The Hall–Kier alpha value is -2.61. The van der Waals surface area contributed by atoms with E-state index in [0.717, 1.165) is 0 Å². The number of halogens is 1. The van der Waals surface area contributed by atoms with Gasteiger partial charge < -0.3 is 14.0 Å². The average Bonchev–Trinajstić information content (AvgIpc) is 2.82. The van der Waals surface area contributed by atoms with Gasteiger partial charge in [0, 0.05) is 13.1 Å². The van der Waals surface area contributed by atoms with Gasteiger partial charge in [0.2, 0.25) is 0 Å². The van der Waals surface area contributed by atoms with Gasteiger partial charge in [0.25, 0.3) is 0 Å². The van der Waals surface area contributed by atoms with Crippen LogP contribution >= 0.6 is 11.6 Å². The van der Waals surface area contributed by atoms with Crippen LogP contribution in [0.3, 0.4) is 0 Å². The maximum atomic E-state index is 11.6. The van der Waals surface area contributed by atoms with E-state index >= 15 is 0 Å². The number of imidazole rings is 1. The summed E-state index contributed by atoms with van der Waals surface area (Å²) in [6.45, 7) is -0.509. The second-order valence-electron chi connectivity index (χ2n) is 4.23. The van der Waals surface area contributed by atoms with Crippen molar-refractivity contribution in [1.29, 1.82) is 0 Å². The third kappa shape index (κ3) is 3.73. The van der Waals surface area contributed by atoms with E-state index in [2.05, 4.69) is 4.98 Å². The molecule has 1 aromatic heterocycles. The molecule has 0 aliphatic rings. The number of hydrogen-bond donors (Lipinski definition) is 0. The lowest BCUT2D eigenvalue weighted by atomic mass is 10.3. The molecule has 0 fully saturated rings. The molecule has 1 heterocycles. The third-order valence-corrected chi connectivity index (χ3v) is 3.15. The fourth-order valence-corrected chi connectivity index (χ4v) is 1.76. The molecule has 2 rings (SSSR count). The Morgan fingerprint density at radius 2 is 2.18 bits per heavy atom. The van der Waals surface area contributed by atoms with E-state index < -0.39 is 17.5 Å². The Morgan fingerprint density at radius 3 is 2.82 bits per heavy atom. The topological polar surface area (TPSA) is 96.5 Å². The molecule has 0 saturated carbocycles. The first-order valence-electron chi connectivity index (χ1n) is 6.17. The smallest absolute Gasteiger partial charge is 0.344 e. The Bertz CT molecular complexity index is 701. The molecule has 0 N–H and O–H groups in total. The lowest BCUT2D eigenvalue weighted by Gasteiger charge is -2.07. The van der Waals surface area contributed by atoms with E-state index in [1.165, 1.54) is 24.4 Å². The van der Waals surface area contributed by atoms with Gasteiger partial charge in [-0.1, -0.05) is 23.7 Å². The van der Waals surface area contributed by atoms with E-state index in [1.54, 1.807) is 17.7 Å². The molecule has 0 aliphatic heterocycles. The average molecular weight is 326 g/mol. The number of ether oxygens (including phenoxy) is 2. The summed E-state index contributed by atoms with van der Waals surface area (Å²) in [5.74, 6) is -0.189. The number of nitrogens with zero attached hydrogens (tertiary/aromatic N) is 3. The zero-order valence-corrected chi connectivity index (χ0v) is 12.3. The second kappa shape index (κ2) is 6.90. The molecule has 0 unspecified atom stereocenters. The van der Waals surface area contributed by atoms with Crippen LogP contribution in [0.25, 0.3) is 0 Å². The zero-order chi connectivity index (χ0) is 16.1. The van der Waals surface area contributed by atoms with Crippen molar-refractivity contribution in [2.24, 2.45) is 7.05 Å². The molecule has 0 amide bonds. The molecule has 0 bridgehead atoms. The van der Waals surface area contributed by atoms with Crippen LogP contribution in [0.4, 0.5) is 5.69 Å². The van der Waals surface area contributed by atoms with Crippen molar-refractivity contribution in [1.82, 2.24) is 9.55 Å². The van der Waals surface area contributed by atoms with E-state index in [9.17, 15) is 14.9 Å². The molecule has 22 heavy (non-hydrogen) atoms. The Morgan fingerprint density at radius 1 is 1.45 bits per heavy atom. The number of nitro groups is 1. The minimum absolute atomic E-state index is 0.00415. The highest BCUT2D eigenvalue weighted by atomic mass is 35.5. The van der Waals surface area contributed by atoms with Crippen LogP contribution < -0.4 is 4.74 Å². The van der Waals surface area contributed by atoms with Crippen LogP contribution in [-0.4, -0.2) is 27.1 Å². The first-order valence-corrected chi connectivity index (χ1v) is 6.54. The molecule has 0 atom stereocenters. The summed E-state index contributed by atoms with van der Waals surface area (Å²) >= 11 is 5.80. The minimum Gasteiger partial charge on any atom is -0.475 e. The van der Waals surface area contributed by atoms with E-state index in [0.29, 0.717) is 11.0 Å². The van der Waals surface area contributed by atoms with Gasteiger partial charge in [0.15, 0.2) is 12.4 Å². The number of nitro benzene ring substituents is 1. The number of carbonyl (C=O) groups is 1. The lowest BCUT2D eigenvalue weighted by molar-refractivity contribution is -0.385. The lowest BCUT2D eigenvalue weighted by Crippen LogP contribution is -2.16. The van der Waals surface area contributed by atoms with Gasteiger partial charge in [-0.2, -0.15) is 0 Å². The van der Waals surface area contributed by atoms with Crippen LogP contribution in [0, 0.1) is 10.1 Å². The number of aromatic nitrogens is 2. The third-order valence-electron chi connectivity index (χ3n) is 2.80. The number of hydrogen-bond acceptors (Lipinski definition) is 6. The molecule has 1 aromatic carbocycles.